The molecule has 2 aliphatic rings. The number of hydrogen-bond donors (Lipinski definition) is 2. The summed E-state index contributed by atoms with van der Waals surface area (Å²) in [6, 6.07) is 1.34. The Kier molecular flexibility index (Phi) is 5.27. The normalized spacial score (nSPS) is 23.0. The van der Waals surface area contributed by atoms with Gasteiger partial charge < -0.3 is 21.1 Å². The minimum Gasteiger partial charge on any atom is -0.382 e. The molecule has 5 heterocycles. The number of nitrogens with zero attached hydrogens (tertiary/aromatic N) is 5. The van der Waals surface area contributed by atoms with Gasteiger partial charge in [-0.1, -0.05) is 11.6 Å². The van der Waals surface area contributed by atoms with Crippen LogP contribution in [0, 0.1) is 12.3 Å². The van der Waals surface area contributed by atoms with Crippen LogP contribution in [-0.2, 0) is 14.6 Å². The molecule has 2 fully saturated rings. The zero-order chi connectivity index (χ0) is 23.5. The number of aryl methyl sites for hydroxylation is 1. The number of nitrogen functional groups attached to an aromatic ring is 1. The second-order valence-corrected chi connectivity index (χ2v) is 11.1. The lowest BCUT2D eigenvalue weighted by Crippen LogP contribution is -2.50. The molecule has 0 radical (unpaired) electrons. The number of piperidine rings is 1. The summed E-state index contributed by atoms with van der Waals surface area (Å²) in [5, 5.41) is -0.111. The van der Waals surface area contributed by atoms with Crippen LogP contribution in [0.25, 0.3) is 5.52 Å². The van der Waals surface area contributed by atoms with Gasteiger partial charge in [0.05, 0.1) is 29.5 Å². The molecule has 0 saturated carbocycles. The van der Waals surface area contributed by atoms with Gasteiger partial charge in [-0.15, -0.1) is 0 Å². The van der Waals surface area contributed by atoms with Crippen molar-refractivity contribution in [2.45, 2.75) is 48.8 Å². The van der Waals surface area contributed by atoms with Crippen molar-refractivity contribution in [2.24, 2.45) is 11.1 Å². The van der Waals surface area contributed by atoms with E-state index in [-0.39, 0.29) is 38.3 Å². The molecule has 0 aliphatic carbocycles. The van der Waals surface area contributed by atoms with Gasteiger partial charge in [-0.2, -0.15) is 0 Å². The quantitative estimate of drug-likeness (QED) is 0.560. The average molecular weight is 492 g/mol. The molecular formula is C21H26ClN7O3S. The number of aromatic nitrogens is 4. The highest BCUT2D eigenvalue weighted by molar-refractivity contribution is 7.91. The fourth-order valence-electron chi connectivity index (χ4n) is 5.01. The summed E-state index contributed by atoms with van der Waals surface area (Å²) in [4.78, 5) is 14.9. The number of halogens is 1. The molecule has 2 atom stereocenters. The molecule has 0 bridgehead atoms. The maximum Gasteiger partial charge on any atom is 0.225 e. The first-order chi connectivity index (χ1) is 15.7. The minimum absolute atomic E-state index is 0.000213. The summed E-state index contributed by atoms with van der Waals surface area (Å²) in [6.07, 6.45) is 6.24. The molecule has 3 aromatic heterocycles. The third kappa shape index (κ3) is 3.37. The molecule has 10 nitrogen and oxygen atoms in total. The molecule has 4 N–H and O–H groups in total. The second kappa shape index (κ2) is 7.79. The number of sulfone groups is 1. The van der Waals surface area contributed by atoms with Crippen LogP contribution in [0.3, 0.4) is 0 Å². The molecule has 33 heavy (non-hydrogen) atoms. The summed E-state index contributed by atoms with van der Waals surface area (Å²) in [5.74, 6) is 0.646. The highest BCUT2D eigenvalue weighted by Gasteiger charge is 2.47. The highest BCUT2D eigenvalue weighted by Crippen LogP contribution is 2.42. The molecule has 2 aliphatic heterocycles. The van der Waals surface area contributed by atoms with Gasteiger partial charge in [0.1, 0.15) is 22.7 Å². The Morgan fingerprint density at radius 2 is 2.03 bits per heavy atom. The predicted octanol–water partition coefficient (Wildman–Crippen LogP) is 1.83. The van der Waals surface area contributed by atoms with Crippen LogP contribution in [0.5, 0.6) is 0 Å². The van der Waals surface area contributed by atoms with Crippen molar-refractivity contribution in [3.63, 3.8) is 0 Å². The zero-order valence-electron chi connectivity index (χ0n) is 18.4. The van der Waals surface area contributed by atoms with Crippen molar-refractivity contribution >= 4 is 38.6 Å². The molecule has 0 unspecified atom stereocenters. The third-order valence-electron chi connectivity index (χ3n) is 7.00. The van der Waals surface area contributed by atoms with Crippen LogP contribution in [0.2, 0.25) is 5.02 Å². The van der Waals surface area contributed by atoms with Crippen LogP contribution in [0.4, 0.5) is 11.6 Å². The van der Waals surface area contributed by atoms with Crippen LogP contribution in [0.15, 0.2) is 34.7 Å². The Hall–Kier alpha value is -2.47. The summed E-state index contributed by atoms with van der Waals surface area (Å²) in [5.41, 5.74) is 13.1. The molecule has 3 aromatic rings. The number of hydrogen-bond acceptors (Lipinski definition) is 9. The van der Waals surface area contributed by atoms with Crippen molar-refractivity contribution in [1.29, 1.82) is 0 Å². The van der Waals surface area contributed by atoms with Gasteiger partial charge in [-0.25, -0.2) is 23.4 Å². The predicted molar refractivity (Wildman–Crippen MR) is 124 cm³/mol. The van der Waals surface area contributed by atoms with E-state index in [1.165, 1.54) is 18.6 Å². The van der Waals surface area contributed by atoms with Gasteiger partial charge >= 0.3 is 0 Å². The highest BCUT2D eigenvalue weighted by atomic mass is 35.5. The van der Waals surface area contributed by atoms with Crippen molar-refractivity contribution in [1.82, 2.24) is 19.4 Å². The summed E-state index contributed by atoms with van der Waals surface area (Å²) in [7, 11) is -4.04. The summed E-state index contributed by atoms with van der Waals surface area (Å²) in [6.45, 7) is 5.85. The minimum atomic E-state index is -4.04. The van der Waals surface area contributed by atoms with E-state index in [4.69, 9.17) is 32.8 Å². The SMILES string of the molecule is Cc1nc(N2CCC3(CC2)CO[C@@H](C)[C@H]3N)c2cncn2c1S(=O)(=O)c1ccnc(N)c1Cl. The number of nitrogens with two attached hydrogens (primary N) is 2. The molecule has 176 valence electrons. The topological polar surface area (TPSA) is 142 Å². The van der Waals surface area contributed by atoms with Crippen LogP contribution in [0.1, 0.15) is 25.5 Å². The van der Waals surface area contributed by atoms with Crippen molar-refractivity contribution in [3.05, 3.63) is 35.5 Å². The maximum atomic E-state index is 13.6. The molecule has 1 spiro atoms. The molecule has 0 amide bonds. The van der Waals surface area contributed by atoms with E-state index < -0.39 is 9.84 Å². The Morgan fingerprint density at radius 1 is 1.30 bits per heavy atom. The van der Waals surface area contributed by atoms with Crippen LogP contribution >= 0.6 is 11.6 Å². The smallest absolute Gasteiger partial charge is 0.225 e. The Bertz CT molecular complexity index is 1340. The zero-order valence-corrected chi connectivity index (χ0v) is 20.0. The van der Waals surface area contributed by atoms with Gasteiger partial charge in [0.25, 0.3) is 0 Å². The fraction of sp³-hybridized carbons (Fsp3) is 0.476. The average Bonchev–Trinajstić information content (AvgIpc) is 3.36. The van der Waals surface area contributed by atoms with Crippen LogP contribution in [-0.4, -0.2) is 59.6 Å². The Balaban J connectivity index is 1.54. The first-order valence-corrected chi connectivity index (χ1v) is 12.6. The first kappa shape index (κ1) is 22.3. The maximum absolute atomic E-state index is 13.6. The Labute approximate surface area is 196 Å². The van der Waals surface area contributed by atoms with E-state index in [9.17, 15) is 8.42 Å². The van der Waals surface area contributed by atoms with Crippen molar-refractivity contribution < 1.29 is 13.2 Å². The van der Waals surface area contributed by atoms with E-state index in [0.29, 0.717) is 23.6 Å². The number of rotatable bonds is 3. The molecule has 0 aromatic carbocycles. The van der Waals surface area contributed by atoms with E-state index in [1.807, 2.05) is 6.92 Å². The Morgan fingerprint density at radius 3 is 2.70 bits per heavy atom. The van der Waals surface area contributed by atoms with Gasteiger partial charge in [-0.05, 0) is 32.8 Å². The van der Waals surface area contributed by atoms with Crippen LogP contribution < -0.4 is 16.4 Å². The molecule has 2 saturated heterocycles. The lowest BCUT2D eigenvalue weighted by Gasteiger charge is -2.41. The fourth-order valence-corrected chi connectivity index (χ4v) is 7.05. The van der Waals surface area contributed by atoms with Crippen molar-refractivity contribution in [2.75, 3.05) is 30.3 Å². The second-order valence-electron chi connectivity index (χ2n) is 8.88. The number of anilines is 2. The summed E-state index contributed by atoms with van der Waals surface area (Å²) >= 11 is 6.20. The molecular weight excluding hydrogens is 466 g/mol. The molecule has 12 heteroatoms. The largest absolute Gasteiger partial charge is 0.382 e. The van der Waals surface area contributed by atoms with Gasteiger partial charge in [-0.3, -0.25) is 4.40 Å². The van der Waals surface area contributed by atoms with Crippen molar-refractivity contribution in [3.8, 4) is 0 Å². The molecule has 5 rings (SSSR count). The van der Waals surface area contributed by atoms with E-state index in [2.05, 4.69) is 14.9 Å². The number of pyridine rings is 1. The van der Waals surface area contributed by atoms with Gasteiger partial charge in [0, 0.05) is 30.7 Å². The van der Waals surface area contributed by atoms with E-state index in [0.717, 1.165) is 25.9 Å². The van der Waals surface area contributed by atoms with Gasteiger partial charge in [0.2, 0.25) is 9.84 Å². The number of fused-ring (bicyclic) bond motifs is 1. The lowest BCUT2D eigenvalue weighted by atomic mass is 9.73. The first-order valence-electron chi connectivity index (χ1n) is 10.8. The standard InChI is InChI=1S/C21H26ClN7O3S/c1-12-20(33(30,31)15-3-6-26-18(24)16(15)22)29-11-25-9-14(29)19(27-12)28-7-4-21(5-8-28)10-32-13(2)17(21)23/h3,6,9,11,13,17H,4-5,7-8,10,23H2,1-2H3,(H2,24,26)/t13-,17+/m0/s1. The van der Waals surface area contributed by atoms with E-state index >= 15 is 0 Å². The monoisotopic (exact) mass is 491 g/mol. The number of imidazole rings is 1. The lowest BCUT2D eigenvalue weighted by molar-refractivity contribution is 0.0974. The number of ether oxygens (including phenoxy) is 1. The van der Waals surface area contributed by atoms with E-state index in [1.54, 1.807) is 17.5 Å². The van der Waals surface area contributed by atoms with Gasteiger partial charge in [0.15, 0.2) is 10.8 Å². The summed E-state index contributed by atoms with van der Waals surface area (Å²) < 4.78 is 34.5. The third-order valence-corrected chi connectivity index (χ3v) is 9.43.